The zero-order chi connectivity index (χ0) is 25.2. The van der Waals surface area contributed by atoms with Crippen LogP contribution in [0.1, 0.15) is 136 Å². The average Bonchev–Trinajstić information content (AvgIpc) is 3.39. The summed E-state index contributed by atoms with van der Waals surface area (Å²) >= 11 is 0. The van der Waals surface area contributed by atoms with Crippen LogP contribution in [-0.4, -0.2) is 8.07 Å². The fourth-order valence-corrected chi connectivity index (χ4v) is 10.1. The minimum absolute atomic E-state index is 0. The molecule has 1 aromatic carbocycles. The van der Waals surface area contributed by atoms with Crippen LogP contribution in [0.3, 0.4) is 0 Å². The SMILES string of the molecule is CCCCCCCCCCCCCCCCCC[Si](C)(C1=[C-]CC=C1C(C)CC)c1ccccc1.[Cl-].[Cl-].[Cl-].[Ti+4]. The van der Waals surface area contributed by atoms with Gasteiger partial charge in [-0.05, 0) is 0 Å². The van der Waals surface area contributed by atoms with Crippen LogP contribution in [-0.2, 0) is 21.7 Å². The van der Waals surface area contributed by atoms with Crippen molar-refractivity contribution in [1.82, 2.24) is 0 Å². The molecular formula is C34H57Cl3SiTi. The van der Waals surface area contributed by atoms with E-state index < -0.39 is 8.07 Å². The Labute approximate surface area is 278 Å². The summed E-state index contributed by atoms with van der Waals surface area (Å²) in [6.07, 6.45) is 31.7. The maximum absolute atomic E-state index is 3.85. The summed E-state index contributed by atoms with van der Waals surface area (Å²) in [5.41, 5.74) is 1.63. The van der Waals surface area contributed by atoms with Gasteiger partial charge in [0.05, 0.1) is 8.07 Å². The van der Waals surface area contributed by atoms with Crippen molar-refractivity contribution in [3.05, 3.63) is 53.3 Å². The Balaban J connectivity index is -0.00000324. The predicted octanol–water partition coefficient (Wildman–Crippen LogP) is 1.89. The topological polar surface area (TPSA) is 0 Å². The summed E-state index contributed by atoms with van der Waals surface area (Å²) in [5.74, 6) is 0.668. The molecule has 0 heterocycles. The molecule has 0 aromatic heterocycles. The summed E-state index contributed by atoms with van der Waals surface area (Å²) in [4.78, 5) is 0. The molecule has 5 heteroatoms. The van der Waals surface area contributed by atoms with E-state index in [1.165, 1.54) is 115 Å². The molecule has 0 radical (unpaired) electrons. The monoisotopic (exact) mass is 646 g/mol. The van der Waals surface area contributed by atoms with Crippen LogP contribution in [0.4, 0.5) is 0 Å². The average molecular weight is 648 g/mol. The third-order valence-electron chi connectivity index (χ3n) is 8.53. The second kappa shape index (κ2) is 27.3. The second-order valence-corrected chi connectivity index (χ2v) is 15.7. The molecule has 39 heavy (non-hydrogen) atoms. The first-order chi connectivity index (χ1) is 17.1. The van der Waals surface area contributed by atoms with Crippen molar-refractivity contribution in [2.45, 2.75) is 149 Å². The van der Waals surface area contributed by atoms with Crippen LogP contribution >= 0.6 is 0 Å². The molecular weight excluding hydrogens is 591 g/mol. The van der Waals surface area contributed by atoms with Gasteiger partial charge in [0.25, 0.3) is 0 Å². The first-order valence-electron chi connectivity index (χ1n) is 15.5. The van der Waals surface area contributed by atoms with Gasteiger partial charge in [-0.1, -0.05) is 184 Å². The molecule has 0 bridgehead atoms. The Hall–Kier alpha value is 0.501. The van der Waals surface area contributed by atoms with Crippen molar-refractivity contribution in [2.24, 2.45) is 5.92 Å². The van der Waals surface area contributed by atoms with Crippen LogP contribution in [0.5, 0.6) is 0 Å². The van der Waals surface area contributed by atoms with E-state index in [1.807, 2.05) is 0 Å². The van der Waals surface area contributed by atoms with Crippen molar-refractivity contribution in [2.75, 3.05) is 0 Å². The molecule has 0 fully saturated rings. The molecule has 1 aliphatic carbocycles. The Morgan fingerprint density at radius 2 is 1.13 bits per heavy atom. The molecule has 0 amide bonds. The summed E-state index contributed by atoms with van der Waals surface area (Å²) in [7, 11) is -1.70. The van der Waals surface area contributed by atoms with Crippen LogP contribution < -0.4 is 42.4 Å². The van der Waals surface area contributed by atoms with Crippen molar-refractivity contribution in [1.29, 1.82) is 0 Å². The zero-order valence-corrected chi connectivity index (χ0v) is 30.4. The van der Waals surface area contributed by atoms with Crippen LogP contribution in [0.25, 0.3) is 0 Å². The van der Waals surface area contributed by atoms with Crippen molar-refractivity contribution < 1.29 is 58.9 Å². The third-order valence-corrected chi connectivity index (χ3v) is 13.1. The Kier molecular flexibility index (Phi) is 30.8. The van der Waals surface area contributed by atoms with Crippen molar-refractivity contribution in [3.63, 3.8) is 0 Å². The van der Waals surface area contributed by atoms with E-state index in [4.69, 9.17) is 0 Å². The maximum atomic E-state index is 3.85. The fourth-order valence-electron chi connectivity index (χ4n) is 5.89. The molecule has 1 aromatic rings. The van der Waals surface area contributed by atoms with E-state index in [0.717, 1.165) is 6.42 Å². The standard InChI is InChI=1S/C34H57Si.3ClH.Ti/c1-5-7-8-9-10-11-12-13-14-15-16-17-18-19-20-24-30-35(4,32-26-22-21-23-27-32)34-29-25-28-33(34)31(3)6-2;;;;/h21-23,26-28,31H,5-20,24-25,30H2,1-4H3;3*1H;/q-1;;;;+4/p-3. The third kappa shape index (κ3) is 16.7. The van der Waals surface area contributed by atoms with Gasteiger partial charge in [0.15, 0.2) is 0 Å². The molecule has 1 aliphatic rings. The van der Waals surface area contributed by atoms with Gasteiger partial charge in [-0.25, -0.2) is 5.20 Å². The number of allylic oxidation sites excluding steroid dienone is 4. The predicted molar refractivity (Wildman–Crippen MR) is 161 cm³/mol. The maximum Gasteiger partial charge on any atom is 4.00 e. The Bertz CT molecular complexity index is 737. The van der Waals surface area contributed by atoms with Gasteiger partial charge >= 0.3 is 21.7 Å². The Morgan fingerprint density at radius 1 is 0.692 bits per heavy atom. The van der Waals surface area contributed by atoms with E-state index in [2.05, 4.69) is 69.8 Å². The summed E-state index contributed by atoms with van der Waals surface area (Å²) in [5, 5.41) is 3.25. The quantitative estimate of drug-likeness (QED) is 0.109. The molecule has 2 atom stereocenters. The van der Waals surface area contributed by atoms with Gasteiger partial charge in [-0.15, -0.1) is 6.42 Å². The normalized spacial score (nSPS) is 14.5. The molecule has 2 unspecified atom stereocenters. The minimum Gasteiger partial charge on any atom is -1.00 e. The Morgan fingerprint density at radius 3 is 1.56 bits per heavy atom. The second-order valence-electron chi connectivity index (χ2n) is 11.5. The van der Waals surface area contributed by atoms with E-state index >= 15 is 0 Å². The summed E-state index contributed by atoms with van der Waals surface area (Å²) in [6, 6.07) is 12.9. The zero-order valence-electron chi connectivity index (χ0n) is 25.6. The summed E-state index contributed by atoms with van der Waals surface area (Å²) < 4.78 is 0. The van der Waals surface area contributed by atoms with Crippen LogP contribution in [0.2, 0.25) is 12.6 Å². The number of rotatable bonds is 21. The number of unbranched alkanes of at least 4 members (excludes halogenated alkanes) is 15. The number of hydrogen-bond acceptors (Lipinski definition) is 0. The van der Waals surface area contributed by atoms with Gasteiger partial charge in [0.2, 0.25) is 0 Å². The number of benzene rings is 1. The smallest absolute Gasteiger partial charge is 1.00 e. The molecule has 0 N–H and O–H groups in total. The molecule has 0 saturated heterocycles. The molecule has 0 spiro atoms. The summed E-state index contributed by atoms with van der Waals surface area (Å²) in [6.45, 7) is 9.67. The molecule has 222 valence electrons. The van der Waals surface area contributed by atoms with Gasteiger partial charge in [-0.3, -0.25) is 6.08 Å². The van der Waals surface area contributed by atoms with E-state index in [-0.39, 0.29) is 58.9 Å². The molecule has 0 aliphatic heterocycles. The van der Waals surface area contributed by atoms with Gasteiger partial charge < -0.3 is 37.2 Å². The van der Waals surface area contributed by atoms with Gasteiger partial charge in [0, 0.05) is 0 Å². The fraction of sp³-hybridized carbons (Fsp3) is 0.706. The van der Waals surface area contributed by atoms with Crippen LogP contribution in [0, 0.1) is 12.0 Å². The molecule has 2 rings (SSSR count). The van der Waals surface area contributed by atoms with Crippen molar-refractivity contribution >= 4 is 13.3 Å². The minimum atomic E-state index is -1.70. The van der Waals surface area contributed by atoms with Crippen molar-refractivity contribution in [3.8, 4) is 0 Å². The largest absolute Gasteiger partial charge is 4.00 e. The van der Waals surface area contributed by atoms with E-state index in [1.54, 1.807) is 16.0 Å². The first-order valence-corrected chi connectivity index (χ1v) is 18.2. The number of hydrogen-bond donors (Lipinski definition) is 0. The number of halogens is 3. The van der Waals surface area contributed by atoms with E-state index in [0.29, 0.717) is 5.92 Å². The first kappa shape index (κ1) is 43.9. The van der Waals surface area contributed by atoms with E-state index in [9.17, 15) is 0 Å². The van der Waals surface area contributed by atoms with Crippen LogP contribution in [0.15, 0.2) is 47.2 Å². The molecule has 0 saturated carbocycles. The molecule has 0 nitrogen and oxygen atoms in total. The van der Waals surface area contributed by atoms with Gasteiger partial charge in [-0.2, -0.15) is 11.6 Å². The van der Waals surface area contributed by atoms with Gasteiger partial charge in [0.1, 0.15) is 0 Å².